The van der Waals surface area contributed by atoms with E-state index in [0.29, 0.717) is 5.82 Å². The van der Waals surface area contributed by atoms with E-state index in [0.717, 1.165) is 10.2 Å². The first-order chi connectivity index (χ1) is 6.68. The molecule has 6 heteroatoms. The van der Waals surface area contributed by atoms with Gasteiger partial charge in [-0.2, -0.15) is 5.10 Å². The number of nitrogens with zero attached hydrogens (tertiary/aromatic N) is 3. The van der Waals surface area contributed by atoms with Gasteiger partial charge < -0.3 is 0 Å². The molecule has 0 saturated carbocycles. The zero-order valence-corrected chi connectivity index (χ0v) is 8.95. The second kappa shape index (κ2) is 3.38. The van der Waals surface area contributed by atoms with Crippen molar-refractivity contribution in [2.45, 2.75) is 6.92 Å². The van der Waals surface area contributed by atoms with Gasteiger partial charge in [0.25, 0.3) is 0 Å². The molecule has 0 aromatic carbocycles. The molecule has 0 aliphatic rings. The molecule has 72 valence electrons. The molecule has 5 nitrogen and oxygen atoms in total. The summed E-state index contributed by atoms with van der Waals surface area (Å²) >= 11 is 3.34. The lowest BCUT2D eigenvalue weighted by Crippen LogP contribution is -2.15. The molecule has 0 spiro atoms. The van der Waals surface area contributed by atoms with Crippen LogP contribution in [0.4, 0.5) is 0 Å². The maximum atomic E-state index is 11.2. The molecule has 0 saturated heterocycles. The first-order valence-electron chi connectivity index (χ1n) is 3.94. The highest BCUT2D eigenvalue weighted by Crippen LogP contribution is 2.14. The topological polar surface area (TPSA) is 63.6 Å². The van der Waals surface area contributed by atoms with Crippen molar-refractivity contribution in [2.75, 3.05) is 0 Å². The first-order valence-corrected chi connectivity index (χ1v) is 4.73. The predicted octanol–water partition coefficient (Wildman–Crippen LogP) is 1.03. The van der Waals surface area contributed by atoms with Crippen LogP contribution in [-0.4, -0.2) is 19.7 Å². The Morgan fingerprint density at radius 3 is 2.86 bits per heavy atom. The van der Waals surface area contributed by atoms with Gasteiger partial charge in [-0.3, -0.25) is 0 Å². The average molecular weight is 255 g/mol. The number of aromatic amines is 1. The minimum absolute atomic E-state index is 0.292. The van der Waals surface area contributed by atoms with Gasteiger partial charge in [0.2, 0.25) is 0 Å². The number of hydrogen-bond acceptors (Lipinski definition) is 3. The van der Waals surface area contributed by atoms with E-state index in [1.165, 1.54) is 10.9 Å². The molecule has 2 heterocycles. The van der Waals surface area contributed by atoms with Crippen LogP contribution in [-0.2, 0) is 0 Å². The van der Waals surface area contributed by atoms with Crippen molar-refractivity contribution in [3.05, 3.63) is 39.1 Å². The van der Waals surface area contributed by atoms with Gasteiger partial charge in [-0.15, -0.1) is 0 Å². The third-order valence-electron chi connectivity index (χ3n) is 1.81. The van der Waals surface area contributed by atoms with E-state index >= 15 is 0 Å². The van der Waals surface area contributed by atoms with E-state index in [-0.39, 0.29) is 5.69 Å². The highest BCUT2D eigenvalue weighted by atomic mass is 79.9. The van der Waals surface area contributed by atoms with Crippen LogP contribution in [0.2, 0.25) is 0 Å². The standard InChI is InChI=1S/C8H7BrN4O/c1-5-6(9)2-3-7(11-5)13-4-10-12-8(13)14/h2-4H,1H3,(H,12,14). The lowest BCUT2D eigenvalue weighted by Gasteiger charge is -2.01. The molecule has 0 aliphatic heterocycles. The number of aryl methyl sites for hydroxylation is 1. The van der Waals surface area contributed by atoms with E-state index in [4.69, 9.17) is 0 Å². The van der Waals surface area contributed by atoms with Crippen molar-refractivity contribution in [2.24, 2.45) is 0 Å². The van der Waals surface area contributed by atoms with Crippen LogP contribution in [0.15, 0.2) is 27.7 Å². The summed E-state index contributed by atoms with van der Waals surface area (Å²) in [6, 6.07) is 3.59. The van der Waals surface area contributed by atoms with E-state index in [2.05, 4.69) is 31.1 Å². The average Bonchev–Trinajstić information content (AvgIpc) is 2.57. The summed E-state index contributed by atoms with van der Waals surface area (Å²) < 4.78 is 2.26. The SMILES string of the molecule is Cc1nc(-n2cn[nH]c2=O)ccc1Br. The normalized spacial score (nSPS) is 10.4. The van der Waals surface area contributed by atoms with E-state index < -0.39 is 0 Å². The third kappa shape index (κ3) is 1.48. The Bertz CT molecular complexity index is 516. The Morgan fingerprint density at radius 1 is 1.50 bits per heavy atom. The lowest BCUT2D eigenvalue weighted by atomic mass is 10.4. The van der Waals surface area contributed by atoms with Crippen LogP contribution in [0.5, 0.6) is 0 Å². The smallest absolute Gasteiger partial charge is 0.246 e. The molecule has 0 aliphatic carbocycles. The molecule has 0 unspecified atom stereocenters. The molecule has 1 N–H and O–H groups in total. The van der Waals surface area contributed by atoms with Gasteiger partial charge in [-0.05, 0) is 35.0 Å². The minimum atomic E-state index is -0.292. The van der Waals surface area contributed by atoms with Crippen molar-refractivity contribution in [1.82, 2.24) is 19.7 Å². The van der Waals surface area contributed by atoms with Gasteiger partial charge in [0.15, 0.2) is 0 Å². The molecule has 0 amide bonds. The van der Waals surface area contributed by atoms with Crippen molar-refractivity contribution >= 4 is 15.9 Å². The summed E-state index contributed by atoms with van der Waals surface area (Å²) in [5.41, 5.74) is 0.537. The fourth-order valence-electron chi connectivity index (χ4n) is 1.08. The second-order valence-electron chi connectivity index (χ2n) is 2.77. The Morgan fingerprint density at radius 2 is 2.29 bits per heavy atom. The molecule has 0 radical (unpaired) electrons. The van der Waals surface area contributed by atoms with Crippen molar-refractivity contribution in [1.29, 1.82) is 0 Å². The highest BCUT2D eigenvalue weighted by Gasteiger charge is 2.03. The summed E-state index contributed by atoms with van der Waals surface area (Å²) in [4.78, 5) is 15.4. The van der Waals surface area contributed by atoms with Crippen molar-refractivity contribution < 1.29 is 0 Å². The van der Waals surface area contributed by atoms with Crippen LogP contribution in [0.1, 0.15) is 5.69 Å². The van der Waals surface area contributed by atoms with E-state index in [1.807, 2.05) is 13.0 Å². The Labute approximate surface area is 87.9 Å². The van der Waals surface area contributed by atoms with Crippen molar-refractivity contribution in [3.63, 3.8) is 0 Å². The maximum absolute atomic E-state index is 11.2. The number of halogens is 1. The lowest BCUT2D eigenvalue weighted by molar-refractivity contribution is 0.926. The molecule has 0 bridgehead atoms. The van der Waals surface area contributed by atoms with Crippen LogP contribution in [0.25, 0.3) is 5.82 Å². The third-order valence-corrected chi connectivity index (χ3v) is 2.64. The van der Waals surface area contributed by atoms with E-state index in [1.54, 1.807) is 6.07 Å². The minimum Gasteiger partial charge on any atom is -0.246 e. The molecule has 2 aromatic heterocycles. The molecular weight excluding hydrogens is 248 g/mol. The highest BCUT2D eigenvalue weighted by molar-refractivity contribution is 9.10. The molecule has 0 fully saturated rings. The Hall–Kier alpha value is -1.43. The van der Waals surface area contributed by atoms with Crippen LogP contribution < -0.4 is 5.69 Å². The largest absolute Gasteiger partial charge is 0.348 e. The number of nitrogens with one attached hydrogen (secondary N) is 1. The van der Waals surface area contributed by atoms with Gasteiger partial charge >= 0.3 is 5.69 Å². The number of hydrogen-bond donors (Lipinski definition) is 1. The molecule has 2 aromatic rings. The first kappa shape index (κ1) is 9.14. The maximum Gasteiger partial charge on any atom is 0.348 e. The van der Waals surface area contributed by atoms with Gasteiger partial charge in [-0.25, -0.2) is 19.4 Å². The van der Waals surface area contributed by atoms with Crippen molar-refractivity contribution in [3.8, 4) is 5.82 Å². The van der Waals surface area contributed by atoms with Gasteiger partial charge in [0, 0.05) is 4.47 Å². The van der Waals surface area contributed by atoms with Crippen LogP contribution in [0, 0.1) is 6.92 Å². The summed E-state index contributed by atoms with van der Waals surface area (Å²) in [5, 5.41) is 5.93. The summed E-state index contributed by atoms with van der Waals surface area (Å²) in [6.07, 6.45) is 1.40. The fourth-order valence-corrected chi connectivity index (χ4v) is 1.30. The van der Waals surface area contributed by atoms with Gasteiger partial charge in [0.05, 0.1) is 5.69 Å². The number of aromatic nitrogens is 4. The van der Waals surface area contributed by atoms with E-state index in [9.17, 15) is 4.79 Å². The van der Waals surface area contributed by atoms with Crippen LogP contribution in [0.3, 0.4) is 0 Å². The monoisotopic (exact) mass is 254 g/mol. The zero-order valence-electron chi connectivity index (χ0n) is 7.36. The Balaban J connectivity index is 2.59. The number of H-pyrrole nitrogens is 1. The quantitative estimate of drug-likeness (QED) is 0.827. The number of pyridine rings is 1. The van der Waals surface area contributed by atoms with Gasteiger partial charge in [-0.1, -0.05) is 0 Å². The Kier molecular flexibility index (Phi) is 2.20. The molecule has 14 heavy (non-hydrogen) atoms. The zero-order chi connectivity index (χ0) is 10.1. The van der Waals surface area contributed by atoms with Gasteiger partial charge in [0.1, 0.15) is 12.1 Å². The fraction of sp³-hybridized carbons (Fsp3) is 0.125. The second-order valence-corrected chi connectivity index (χ2v) is 3.62. The summed E-state index contributed by atoms with van der Waals surface area (Å²) in [6.45, 7) is 1.86. The molecule has 2 rings (SSSR count). The molecule has 0 atom stereocenters. The predicted molar refractivity (Wildman–Crippen MR) is 54.4 cm³/mol. The molecular formula is C8H7BrN4O. The van der Waals surface area contributed by atoms with Crippen LogP contribution >= 0.6 is 15.9 Å². The summed E-state index contributed by atoms with van der Waals surface area (Å²) in [5.74, 6) is 0.560. The number of rotatable bonds is 1. The summed E-state index contributed by atoms with van der Waals surface area (Å²) in [7, 11) is 0.